The zero-order valence-electron chi connectivity index (χ0n) is 34.6. The summed E-state index contributed by atoms with van der Waals surface area (Å²) >= 11 is 0. The number of aliphatic hydroxyl groups is 1. The second-order valence-corrected chi connectivity index (χ2v) is 17.3. The monoisotopic (exact) mass is 749 g/mol. The molecule has 0 saturated heterocycles. The summed E-state index contributed by atoms with van der Waals surface area (Å²) in [7, 11) is 0. The molecule has 0 fully saturated rings. The Labute approximate surface area is 334 Å². The van der Waals surface area contributed by atoms with E-state index in [-0.39, 0.29) is 16.9 Å². The SMILES string of the molecule is CCCCCCCCN1/C(=C\C2=C(O)C(=C/C3=[N+](CCCCCCCC)c4ccc5ccccc5c4C3(C)C)/C(=O)C2=O)C(C)(C)c2c1ccc1ccccc21. The van der Waals surface area contributed by atoms with Crippen LogP contribution < -0.4 is 4.90 Å². The molecule has 0 bridgehead atoms. The number of nitrogens with zero attached hydrogens (tertiary/aromatic N) is 2. The van der Waals surface area contributed by atoms with Gasteiger partial charge >= 0.3 is 0 Å². The summed E-state index contributed by atoms with van der Waals surface area (Å²) in [5.74, 6) is -1.49. The normalized spacial score (nSPS) is 18.8. The van der Waals surface area contributed by atoms with E-state index >= 15 is 0 Å². The van der Waals surface area contributed by atoms with Gasteiger partial charge in [-0.05, 0) is 72.0 Å². The van der Waals surface area contributed by atoms with E-state index in [0.717, 1.165) is 61.6 Å². The number of carbonyl (C=O) groups excluding carboxylic acids is 2. The number of hydrogen-bond acceptors (Lipinski definition) is 4. The van der Waals surface area contributed by atoms with Crippen molar-refractivity contribution >= 4 is 50.2 Å². The minimum absolute atomic E-state index is 0.0937. The van der Waals surface area contributed by atoms with Crippen molar-refractivity contribution in [2.45, 2.75) is 129 Å². The van der Waals surface area contributed by atoms with E-state index in [1.807, 2.05) is 12.2 Å². The van der Waals surface area contributed by atoms with Gasteiger partial charge in [0.15, 0.2) is 5.71 Å². The number of aliphatic hydroxyl groups excluding tert-OH is 1. The molecule has 3 aliphatic rings. The third-order valence-corrected chi connectivity index (χ3v) is 12.7. The van der Waals surface area contributed by atoms with Gasteiger partial charge in [-0.25, -0.2) is 0 Å². The van der Waals surface area contributed by atoms with Crippen molar-refractivity contribution in [3.8, 4) is 0 Å². The van der Waals surface area contributed by atoms with Gasteiger partial charge in [-0.15, -0.1) is 0 Å². The van der Waals surface area contributed by atoms with Gasteiger partial charge in [0.25, 0.3) is 0 Å². The predicted molar refractivity (Wildman–Crippen MR) is 234 cm³/mol. The van der Waals surface area contributed by atoms with Crippen molar-refractivity contribution in [2.75, 3.05) is 18.0 Å². The molecular weight excluding hydrogens is 689 g/mol. The van der Waals surface area contributed by atoms with E-state index in [2.05, 4.69) is 124 Å². The zero-order chi connectivity index (χ0) is 39.6. The van der Waals surface area contributed by atoms with Crippen LogP contribution in [0.4, 0.5) is 11.4 Å². The summed E-state index contributed by atoms with van der Waals surface area (Å²) in [5.41, 5.74) is 5.85. The highest BCUT2D eigenvalue weighted by Gasteiger charge is 2.48. The molecule has 292 valence electrons. The molecule has 2 aliphatic heterocycles. The number of allylic oxidation sites excluding steroid dienone is 5. The van der Waals surface area contributed by atoms with E-state index in [1.54, 1.807) is 0 Å². The Bertz CT molecular complexity index is 2300. The van der Waals surface area contributed by atoms with Crippen LogP contribution in [0.15, 0.2) is 108 Å². The average Bonchev–Trinajstić information content (AvgIpc) is 3.64. The van der Waals surface area contributed by atoms with Crippen LogP contribution in [0.1, 0.15) is 130 Å². The summed E-state index contributed by atoms with van der Waals surface area (Å²) < 4.78 is 2.35. The zero-order valence-corrected chi connectivity index (χ0v) is 34.6. The number of hydrogen-bond donors (Lipinski definition) is 1. The van der Waals surface area contributed by atoms with E-state index in [0.29, 0.717) is 0 Å². The van der Waals surface area contributed by atoms with E-state index < -0.39 is 22.4 Å². The Morgan fingerprint density at radius 1 is 0.625 bits per heavy atom. The number of fused-ring (bicyclic) bond motifs is 6. The number of rotatable bonds is 16. The molecule has 0 aromatic heterocycles. The Morgan fingerprint density at radius 2 is 1.20 bits per heavy atom. The molecule has 5 heteroatoms. The molecule has 56 heavy (non-hydrogen) atoms. The van der Waals surface area contributed by atoms with Gasteiger partial charge in [0.2, 0.25) is 17.3 Å². The minimum Gasteiger partial charge on any atom is -0.506 e. The van der Waals surface area contributed by atoms with Crippen LogP contribution in [0.2, 0.25) is 0 Å². The van der Waals surface area contributed by atoms with Gasteiger partial charge in [0.05, 0.1) is 16.6 Å². The highest BCUT2D eigenvalue weighted by molar-refractivity contribution is 6.54. The molecule has 4 aromatic carbocycles. The van der Waals surface area contributed by atoms with Gasteiger partial charge in [-0.1, -0.05) is 140 Å². The number of anilines is 1. The molecule has 1 aliphatic carbocycles. The van der Waals surface area contributed by atoms with Gasteiger partial charge in [-0.2, -0.15) is 4.58 Å². The summed E-state index contributed by atoms with van der Waals surface area (Å²) in [4.78, 5) is 30.5. The van der Waals surface area contributed by atoms with E-state index in [4.69, 9.17) is 0 Å². The number of ketones is 2. The number of carbonyl (C=O) groups is 2. The first-order chi connectivity index (χ1) is 27.0. The Hall–Kier alpha value is -4.77. The van der Waals surface area contributed by atoms with Gasteiger partial charge in [0.1, 0.15) is 12.3 Å². The van der Waals surface area contributed by atoms with Crippen molar-refractivity contribution in [3.05, 3.63) is 119 Å². The van der Waals surface area contributed by atoms with Crippen LogP contribution in [-0.4, -0.2) is 40.0 Å². The van der Waals surface area contributed by atoms with Crippen LogP contribution in [0, 0.1) is 0 Å². The maximum atomic E-state index is 14.1. The lowest BCUT2D eigenvalue weighted by Crippen LogP contribution is -2.29. The lowest BCUT2D eigenvalue weighted by molar-refractivity contribution is -0.438. The Kier molecular flexibility index (Phi) is 11.5. The van der Waals surface area contributed by atoms with Crippen molar-refractivity contribution in [1.82, 2.24) is 0 Å². The topological polar surface area (TPSA) is 60.6 Å². The first-order valence-corrected chi connectivity index (χ1v) is 21.5. The standard InChI is InChI=1S/C51H60N2O3/c1-7-9-11-13-15-21-31-52-41-29-27-35-23-17-19-25-37(35)45(41)50(3,4)43(52)33-39-47(54)40(49(56)48(39)55)34-44-51(5,6)46-38-26-20-18-24-36(38)28-30-42(46)53(44)32-22-16-14-12-10-8-2/h17-20,23-30,33-34H,7-16,21-22,31-32H2,1-6H3/p+1. The molecule has 7 rings (SSSR count). The molecule has 5 nitrogen and oxygen atoms in total. The van der Waals surface area contributed by atoms with Crippen molar-refractivity contribution in [2.24, 2.45) is 0 Å². The van der Waals surface area contributed by atoms with Gasteiger partial charge in [0, 0.05) is 47.5 Å². The lowest BCUT2D eigenvalue weighted by atomic mass is 9.78. The van der Waals surface area contributed by atoms with Crippen molar-refractivity contribution in [1.29, 1.82) is 0 Å². The number of Topliss-reactive ketones (excluding diaryl/α,β-unsaturated/α-hetero) is 2. The number of benzene rings is 4. The second-order valence-electron chi connectivity index (χ2n) is 17.3. The maximum Gasteiger partial charge on any atom is 0.237 e. The molecule has 1 N–H and O–H groups in total. The Balaban J connectivity index is 1.31. The molecule has 0 amide bonds. The van der Waals surface area contributed by atoms with Crippen molar-refractivity contribution < 1.29 is 19.3 Å². The fourth-order valence-electron chi connectivity index (χ4n) is 9.72. The molecule has 0 spiro atoms. The summed E-state index contributed by atoms with van der Waals surface area (Å²) in [6.45, 7) is 14.9. The fourth-order valence-corrected chi connectivity index (χ4v) is 9.72. The average molecular weight is 750 g/mol. The molecule has 0 atom stereocenters. The minimum atomic E-state index is -0.640. The van der Waals surface area contributed by atoms with Crippen LogP contribution in [0.25, 0.3) is 21.5 Å². The maximum absolute atomic E-state index is 14.1. The highest BCUT2D eigenvalue weighted by Crippen LogP contribution is 2.52. The first kappa shape index (κ1) is 39.5. The van der Waals surface area contributed by atoms with Crippen LogP contribution in [-0.2, 0) is 20.4 Å². The summed E-state index contributed by atoms with van der Waals surface area (Å²) in [6, 6.07) is 25.7. The molecular formula is C51H61N2O3+. The summed E-state index contributed by atoms with van der Waals surface area (Å²) in [6.07, 6.45) is 17.8. The molecule has 0 radical (unpaired) electrons. The second kappa shape index (κ2) is 16.4. The predicted octanol–water partition coefficient (Wildman–Crippen LogP) is 12.7. The molecule has 0 unspecified atom stereocenters. The summed E-state index contributed by atoms with van der Waals surface area (Å²) in [5, 5.41) is 16.8. The van der Waals surface area contributed by atoms with Crippen LogP contribution >= 0.6 is 0 Å². The third-order valence-electron chi connectivity index (χ3n) is 12.7. The smallest absolute Gasteiger partial charge is 0.237 e. The van der Waals surface area contributed by atoms with Crippen LogP contribution in [0.3, 0.4) is 0 Å². The number of unbranched alkanes of at least 4 members (excludes halogenated alkanes) is 10. The molecule has 2 heterocycles. The van der Waals surface area contributed by atoms with Crippen molar-refractivity contribution in [3.63, 3.8) is 0 Å². The quantitative estimate of drug-likeness (QED) is 0.0536. The van der Waals surface area contributed by atoms with Crippen LogP contribution in [0.5, 0.6) is 0 Å². The largest absolute Gasteiger partial charge is 0.506 e. The Morgan fingerprint density at radius 3 is 1.86 bits per heavy atom. The first-order valence-electron chi connectivity index (χ1n) is 21.5. The highest BCUT2D eigenvalue weighted by atomic mass is 16.3. The molecule has 0 saturated carbocycles. The van der Waals surface area contributed by atoms with Gasteiger partial charge < -0.3 is 10.0 Å². The lowest BCUT2D eigenvalue weighted by Gasteiger charge is -2.27. The van der Waals surface area contributed by atoms with Gasteiger partial charge in [-0.3, -0.25) is 9.59 Å². The molecule has 4 aromatic rings. The van der Waals surface area contributed by atoms with E-state index in [1.165, 1.54) is 84.0 Å². The third kappa shape index (κ3) is 7.07. The van der Waals surface area contributed by atoms with E-state index in [9.17, 15) is 14.7 Å². The fraction of sp³-hybridized carbons (Fsp3) is 0.431.